The number of piperazine rings is 1. The van der Waals surface area contributed by atoms with Gasteiger partial charge >= 0.3 is 12.1 Å². The molecule has 290 valence electrons. The summed E-state index contributed by atoms with van der Waals surface area (Å²) in [4.78, 5) is 55.8. The molecule has 1 aromatic heterocycles. The molecule has 54 heavy (non-hydrogen) atoms. The minimum atomic E-state index is -4.08. The summed E-state index contributed by atoms with van der Waals surface area (Å²) < 4.78 is 71.4. The Bertz CT molecular complexity index is 2190. The molecule has 1 aliphatic heterocycles. The summed E-state index contributed by atoms with van der Waals surface area (Å²) >= 11 is 0. The lowest BCUT2D eigenvalue weighted by molar-refractivity contribution is -0.142. The fourth-order valence-electron chi connectivity index (χ4n) is 6.32. The third kappa shape index (κ3) is 8.65. The number of methoxy groups -OCH3 is 1. The van der Waals surface area contributed by atoms with Crippen LogP contribution in [-0.2, 0) is 24.3 Å². The van der Waals surface area contributed by atoms with Crippen molar-refractivity contribution in [2.45, 2.75) is 38.8 Å². The smallest absolute Gasteiger partial charge is 0.410 e. The van der Waals surface area contributed by atoms with Gasteiger partial charge in [0.05, 0.1) is 43.6 Å². The van der Waals surface area contributed by atoms with E-state index in [0.717, 1.165) is 10.6 Å². The van der Waals surface area contributed by atoms with Crippen molar-refractivity contribution in [3.8, 4) is 22.5 Å². The van der Waals surface area contributed by atoms with Crippen molar-refractivity contribution in [3.05, 3.63) is 77.6 Å². The van der Waals surface area contributed by atoms with Crippen LogP contribution in [0.2, 0.25) is 0 Å². The highest BCUT2D eigenvalue weighted by Crippen LogP contribution is 2.42. The van der Waals surface area contributed by atoms with Crippen LogP contribution in [0.25, 0.3) is 33.4 Å². The minimum absolute atomic E-state index is 0. The monoisotopic (exact) mass is 770 g/mol. The first-order chi connectivity index (χ1) is 25.4. The molecule has 1 N–H and O–H groups in total. The first-order valence-corrected chi connectivity index (χ1v) is 18.9. The fraction of sp³-hybridized carbons (Fsp3) is 0.368. The van der Waals surface area contributed by atoms with E-state index in [0.29, 0.717) is 11.1 Å². The number of rotatable bonds is 10. The molecule has 0 spiro atoms. The maximum atomic E-state index is 14.2. The van der Waals surface area contributed by atoms with Gasteiger partial charge in [-0.05, 0) is 68.8 Å². The number of esters is 1. The second-order valence-corrected chi connectivity index (χ2v) is 15.6. The highest BCUT2D eigenvalue weighted by Gasteiger charge is 2.36. The zero-order chi connectivity index (χ0) is 39.5. The topological polar surface area (TPSA) is 156 Å². The van der Waals surface area contributed by atoms with Crippen molar-refractivity contribution >= 4 is 50.6 Å². The standard InChI is InChI=1S/C38H42F2N4O9S.H2/c1-38(2,3)53-37(48)42-16-17-43(27(22-42)19-32(45)51-5)36(47)25-9-7-8-24(18-25)28-20-29-31(21-30(28)44(15-14-39)54(6,49)50)52-34(33(29)35(46)41-4)23-10-12-26(40)13-11-23;/h7-13,18,20-21,27H,14-17,19,22H2,1-6H3,(H,41,46);1H. The van der Waals surface area contributed by atoms with Crippen LogP contribution in [0.4, 0.5) is 19.3 Å². The van der Waals surface area contributed by atoms with Gasteiger partial charge in [-0.2, -0.15) is 0 Å². The lowest BCUT2D eigenvalue weighted by Gasteiger charge is -2.41. The van der Waals surface area contributed by atoms with Crippen LogP contribution in [0.15, 0.2) is 65.1 Å². The van der Waals surface area contributed by atoms with Crippen LogP contribution in [0.3, 0.4) is 0 Å². The summed E-state index contributed by atoms with van der Waals surface area (Å²) in [6.07, 6.45) is 0.140. The molecule has 0 radical (unpaired) electrons. The highest BCUT2D eigenvalue weighted by molar-refractivity contribution is 7.92. The van der Waals surface area contributed by atoms with Crippen LogP contribution in [0.5, 0.6) is 0 Å². The Balaban J connectivity index is 0.00000673. The van der Waals surface area contributed by atoms with Gasteiger partial charge in [-0.25, -0.2) is 22.0 Å². The molecule has 3 aromatic carbocycles. The van der Waals surface area contributed by atoms with Gasteiger partial charge in [-0.1, -0.05) is 12.1 Å². The largest absolute Gasteiger partial charge is 0.469 e. The van der Waals surface area contributed by atoms with E-state index >= 15 is 0 Å². The Hall–Kier alpha value is -5.51. The number of ether oxygens (including phenoxy) is 2. The zero-order valence-electron chi connectivity index (χ0n) is 30.8. The normalized spacial score (nSPS) is 14.9. The van der Waals surface area contributed by atoms with E-state index in [-0.39, 0.29) is 66.6 Å². The van der Waals surface area contributed by atoms with Crippen molar-refractivity contribution < 1.29 is 51.7 Å². The van der Waals surface area contributed by atoms with Gasteiger partial charge in [0.25, 0.3) is 11.8 Å². The number of benzene rings is 3. The van der Waals surface area contributed by atoms with E-state index in [9.17, 15) is 36.4 Å². The Morgan fingerprint density at radius 1 is 1.04 bits per heavy atom. The van der Waals surface area contributed by atoms with Gasteiger partial charge < -0.3 is 29.0 Å². The SMILES string of the molecule is CNC(=O)c1c(-c2ccc(F)cc2)oc2cc(N(CCF)S(C)(=O)=O)c(-c3cccc(C(=O)N4CCN(C(=O)OC(C)(C)C)CC4CC(=O)OC)c3)cc12.[HH]. The third-order valence-electron chi connectivity index (χ3n) is 8.77. The summed E-state index contributed by atoms with van der Waals surface area (Å²) in [6, 6.07) is 13.7. The van der Waals surface area contributed by atoms with E-state index in [1.54, 1.807) is 39.0 Å². The molecule has 1 atom stereocenters. The van der Waals surface area contributed by atoms with E-state index in [1.807, 2.05) is 0 Å². The summed E-state index contributed by atoms with van der Waals surface area (Å²) in [5, 5.41) is 2.85. The lowest BCUT2D eigenvalue weighted by atomic mass is 9.96. The van der Waals surface area contributed by atoms with Crippen molar-refractivity contribution in [2.75, 3.05) is 57.6 Å². The second-order valence-electron chi connectivity index (χ2n) is 13.7. The van der Waals surface area contributed by atoms with Gasteiger partial charge in [0.2, 0.25) is 10.0 Å². The van der Waals surface area contributed by atoms with Crippen LogP contribution in [0.1, 0.15) is 49.3 Å². The van der Waals surface area contributed by atoms with Crippen LogP contribution in [-0.4, -0.2) is 107 Å². The number of alkyl halides is 1. The number of halogens is 2. The number of fused-ring (bicyclic) bond motifs is 1. The van der Waals surface area contributed by atoms with Crippen molar-refractivity contribution in [1.82, 2.24) is 15.1 Å². The molecule has 13 nitrogen and oxygen atoms in total. The molecular formula is C38H44F2N4O9S. The Morgan fingerprint density at radius 2 is 1.74 bits per heavy atom. The van der Waals surface area contributed by atoms with E-state index < -0.39 is 64.6 Å². The summed E-state index contributed by atoms with van der Waals surface area (Å²) in [7, 11) is -1.43. The summed E-state index contributed by atoms with van der Waals surface area (Å²) in [5.41, 5.74) is 0.554. The molecule has 0 saturated carbocycles. The maximum Gasteiger partial charge on any atom is 0.410 e. The number of sulfonamides is 1. The Kier molecular flexibility index (Phi) is 11.6. The first kappa shape index (κ1) is 39.7. The van der Waals surface area contributed by atoms with Crippen LogP contribution in [0, 0.1) is 5.82 Å². The highest BCUT2D eigenvalue weighted by atomic mass is 32.2. The Labute approximate surface area is 313 Å². The molecule has 4 aromatic rings. The summed E-state index contributed by atoms with van der Waals surface area (Å²) in [5.74, 6) is -2.02. The van der Waals surface area contributed by atoms with E-state index in [2.05, 4.69) is 5.32 Å². The molecule has 1 aliphatic rings. The zero-order valence-corrected chi connectivity index (χ0v) is 31.6. The van der Waals surface area contributed by atoms with Crippen molar-refractivity contribution in [1.29, 1.82) is 0 Å². The number of amides is 3. The first-order valence-electron chi connectivity index (χ1n) is 17.0. The van der Waals surface area contributed by atoms with E-state index in [4.69, 9.17) is 13.9 Å². The number of anilines is 1. The number of nitrogens with zero attached hydrogens (tertiary/aromatic N) is 3. The third-order valence-corrected chi connectivity index (χ3v) is 9.95. The number of carbonyl (C=O) groups is 4. The molecular weight excluding hydrogens is 726 g/mol. The van der Waals surface area contributed by atoms with Crippen LogP contribution >= 0.6 is 0 Å². The van der Waals surface area contributed by atoms with Crippen LogP contribution < -0.4 is 9.62 Å². The molecule has 1 fully saturated rings. The van der Waals surface area contributed by atoms with Gasteiger partial charge in [-0.15, -0.1) is 0 Å². The molecule has 1 saturated heterocycles. The van der Waals surface area contributed by atoms with Gasteiger partial charge in [0.1, 0.15) is 29.4 Å². The number of carbonyl (C=O) groups excluding carboxylic acids is 4. The van der Waals surface area contributed by atoms with Crippen molar-refractivity contribution in [3.63, 3.8) is 0 Å². The Morgan fingerprint density at radius 3 is 2.35 bits per heavy atom. The minimum Gasteiger partial charge on any atom is -0.469 e. The van der Waals surface area contributed by atoms with Gasteiger partial charge in [-0.3, -0.25) is 18.7 Å². The lowest BCUT2D eigenvalue weighted by Crippen LogP contribution is -2.57. The number of nitrogens with one attached hydrogen (secondary N) is 1. The maximum absolute atomic E-state index is 14.2. The second kappa shape index (κ2) is 15.8. The quantitative estimate of drug-likeness (QED) is 0.195. The molecule has 3 amide bonds. The predicted octanol–water partition coefficient (Wildman–Crippen LogP) is 5.87. The molecule has 16 heteroatoms. The predicted molar refractivity (Wildman–Crippen MR) is 200 cm³/mol. The number of furan rings is 1. The fourth-order valence-corrected chi connectivity index (χ4v) is 7.23. The van der Waals surface area contributed by atoms with Crippen molar-refractivity contribution in [2.24, 2.45) is 0 Å². The van der Waals surface area contributed by atoms with Gasteiger partial charge in [0, 0.05) is 56.3 Å². The molecule has 2 heterocycles. The molecule has 1 unspecified atom stereocenters. The number of hydrogen-bond donors (Lipinski definition) is 1. The average Bonchev–Trinajstić information content (AvgIpc) is 3.50. The molecule has 5 rings (SSSR count). The average molecular weight is 771 g/mol. The molecule has 0 aliphatic carbocycles. The number of hydrogen-bond acceptors (Lipinski definition) is 9. The summed E-state index contributed by atoms with van der Waals surface area (Å²) in [6.45, 7) is 3.83. The van der Waals surface area contributed by atoms with E-state index in [1.165, 1.54) is 66.4 Å². The van der Waals surface area contributed by atoms with Gasteiger partial charge in [0.15, 0.2) is 0 Å². The molecule has 0 bridgehead atoms.